The molecular weight excluding hydrogens is 128 g/mol. The van der Waals surface area contributed by atoms with Crippen molar-refractivity contribution < 1.29 is 5.11 Å². The standard InChI is InChI=1S/C7H14N2O/c10-7-3-1-5-9(7)6-2-4-8-7/h8,10H,1-6H2. The predicted octanol–water partition coefficient (Wildman–Crippen LogP) is -0.278. The van der Waals surface area contributed by atoms with E-state index < -0.39 is 5.85 Å². The van der Waals surface area contributed by atoms with Gasteiger partial charge >= 0.3 is 0 Å². The van der Waals surface area contributed by atoms with Crippen molar-refractivity contribution in [3.8, 4) is 0 Å². The molecule has 2 rings (SSSR count). The SMILES string of the molecule is OC12CCCN1CCCN2. The normalized spacial score (nSPS) is 41.7. The van der Waals surface area contributed by atoms with Gasteiger partial charge in [0.25, 0.3) is 0 Å². The van der Waals surface area contributed by atoms with Gasteiger partial charge in [-0.05, 0) is 12.8 Å². The Morgan fingerprint density at radius 2 is 2.10 bits per heavy atom. The van der Waals surface area contributed by atoms with Crippen LogP contribution >= 0.6 is 0 Å². The van der Waals surface area contributed by atoms with Crippen LogP contribution in [0.25, 0.3) is 0 Å². The van der Waals surface area contributed by atoms with Gasteiger partial charge in [-0.3, -0.25) is 10.2 Å². The summed E-state index contributed by atoms with van der Waals surface area (Å²) in [6, 6.07) is 0. The summed E-state index contributed by atoms with van der Waals surface area (Å²) in [6.07, 6.45) is 3.19. The van der Waals surface area contributed by atoms with Crippen LogP contribution < -0.4 is 5.32 Å². The van der Waals surface area contributed by atoms with Gasteiger partial charge in [0.2, 0.25) is 0 Å². The van der Waals surface area contributed by atoms with Gasteiger partial charge in [0, 0.05) is 26.1 Å². The Hall–Kier alpha value is -0.120. The minimum atomic E-state index is -0.627. The molecule has 2 aliphatic heterocycles. The number of nitrogens with zero attached hydrogens (tertiary/aromatic N) is 1. The van der Waals surface area contributed by atoms with Crippen LogP contribution in [0, 0.1) is 0 Å². The van der Waals surface area contributed by atoms with Gasteiger partial charge in [-0.15, -0.1) is 0 Å². The smallest absolute Gasteiger partial charge is 0.174 e. The van der Waals surface area contributed by atoms with E-state index in [-0.39, 0.29) is 0 Å². The molecule has 0 saturated carbocycles. The first-order valence-corrected chi connectivity index (χ1v) is 4.04. The van der Waals surface area contributed by atoms with E-state index in [1.165, 1.54) is 6.42 Å². The molecule has 0 bridgehead atoms. The molecule has 1 atom stereocenters. The summed E-state index contributed by atoms with van der Waals surface area (Å²) >= 11 is 0. The third kappa shape index (κ3) is 0.856. The molecule has 0 spiro atoms. The summed E-state index contributed by atoms with van der Waals surface area (Å²) in [7, 11) is 0. The molecule has 0 aromatic heterocycles. The van der Waals surface area contributed by atoms with Crippen LogP contribution in [0.4, 0.5) is 0 Å². The molecule has 2 fully saturated rings. The monoisotopic (exact) mass is 142 g/mol. The van der Waals surface area contributed by atoms with Crippen molar-refractivity contribution in [2.24, 2.45) is 0 Å². The molecule has 0 amide bonds. The highest BCUT2D eigenvalue weighted by Crippen LogP contribution is 2.26. The van der Waals surface area contributed by atoms with Gasteiger partial charge in [0.05, 0.1) is 0 Å². The van der Waals surface area contributed by atoms with Crippen molar-refractivity contribution in [2.75, 3.05) is 19.6 Å². The number of nitrogens with one attached hydrogen (secondary N) is 1. The van der Waals surface area contributed by atoms with E-state index in [4.69, 9.17) is 0 Å². The third-order valence-electron chi connectivity index (χ3n) is 2.49. The van der Waals surface area contributed by atoms with Crippen LogP contribution in [0.5, 0.6) is 0 Å². The lowest BCUT2D eigenvalue weighted by Crippen LogP contribution is -2.59. The zero-order valence-electron chi connectivity index (χ0n) is 6.14. The van der Waals surface area contributed by atoms with Gasteiger partial charge in [-0.2, -0.15) is 0 Å². The number of fused-ring (bicyclic) bond motifs is 1. The van der Waals surface area contributed by atoms with Crippen molar-refractivity contribution >= 4 is 0 Å². The molecule has 3 nitrogen and oxygen atoms in total. The van der Waals surface area contributed by atoms with Crippen molar-refractivity contribution in [3.05, 3.63) is 0 Å². The maximum absolute atomic E-state index is 9.83. The van der Waals surface area contributed by atoms with E-state index >= 15 is 0 Å². The van der Waals surface area contributed by atoms with Crippen LogP contribution in [0.2, 0.25) is 0 Å². The summed E-state index contributed by atoms with van der Waals surface area (Å²) in [5.41, 5.74) is 0. The Labute approximate surface area is 61.0 Å². The molecule has 2 heterocycles. The van der Waals surface area contributed by atoms with Crippen molar-refractivity contribution in [2.45, 2.75) is 25.1 Å². The van der Waals surface area contributed by atoms with Gasteiger partial charge in [0.15, 0.2) is 5.85 Å². The molecule has 3 heteroatoms. The molecule has 2 N–H and O–H groups in total. The van der Waals surface area contributed by atoms with E-state index in [0.29, 0.717) is 0 Å². The first-order chi connectivity index (χ1) is 4.81. The number of hydrogen-bond donors (Lipinski definition) is 2. The second kappa shape index (κ2) is 2.19. The van der Waals surface area contributed by atoms with Crippen molar-refractivity contribution in [3.63, 3.8) is 0 Å². The minimum absolute atomic E-state index is 0.627. The molecular formula is C7H14N2O. The predicted molar refractivity (Wildman–Crippen MR) is 38.4 cm³/mol. The number of aliphatic hydroxyl groups is 1. The van der Waals surface area contributed by atoms with Crippen LogP contribution in [0.15, 0.2) is 0 Å². The second-order valence-corrected chi connectivity index (χ2v) is 3.19. The summed E-state index contributed by atoms with van der Waals surface area (Å²) in [4.78, 5) is 2.14. The maximum Gasteiger partial charge on any atom is 0.174 e. The molecule has 0 aliphatic carbocycles. The van der Waals surface area contributed by atoms with Gasteiger partial charge in [-0.1, -0.05) is 0 Å². The Kier molecular flexibility index (Phi) is 1.44. The molecule has 0 aromatic rings. The van der Waals surface area contributed by atoms with E-state index in [9.17, 15) is 5.11 Å². The number of rotatable bonds is 0. The lowest BCUT2D eigenvalue weighted by molar-refractivity contribution is -0.123. The van der Waals surface area contributed by atoms with Gasteiger partial charge < -0.3 is 5.11 Å². The first-order valence-electron chi connectivity index (χ1n) is 4.04. The Morgan fingerprint density at radius 3 is 2.90 bits per heavy atom. The van der Waals surface area contributed by atoms with E-state index in [1.54, 1.807) is 0 Å². The Morgan fingerprint density at radius 1 is 1.30 bits per heavy atom. The van der Waals surface area contributed by atoms with Gasteiger partial charge in [0.1, 0.15) is 0 Å². The van der Waals surface area contributed by atoms with E-state index in [0.717, 1.165) is 32.5 Å². The topological polar surface area (TPSA) is 35.5 Å². The molecule has 2 aliphatic rings. The summed E-state index contributed by atoms with van der Waals surface area (Å²) in [6.45, 7) is 3.08. The largest absolute Gasteiger partial charge is 0.363 e. The summed E-state index contributed by atoms with van der Waals surface area (Å²) < 4.78 is 0. The molecule has 2 saturated heterocycles. The third-order valence-corrected chi connectivity index (χ3v) is 2.49. The minimum Gasteiger partial charge on any atom is -0.363 e. The fourth-order valence-electron chi connectivity index (χ4n) is 1.91. The van der Waals surface area contributed by atoms with Crippen molar-refractivity contribution in [1.82, 2.24) is 10.2 Å². The number of hydrogen-bond acceptors (Lipinski definition) is 3. The summed E-state index contributed by atoms with van der Waals surface area (Å²) in [5.74, 6) is -0.627. The lowest BCUT2D eigenvalue weighted by Gasteiger charge is -2.38. The fourth-order valence-corrected chi connectivity index (χ4v) is 1.91. The zero-order chi connectivity index (χ0) is 7.03. The zero-order valence-corrected chi connectivity index (χ0v) is 6.14. The van der Waals surface area contributed by atoms with Gasteiger partial charge in [-0.25, -0.2) is 0 Å². The molecule has 0 aromatic carbocycles. The highest BCUT2D eigenvalue weighted by molar-refractivity contribution is 4.87. The van der Waals surface area contributed by atoms with Crippen molar-refractivity contribution in [1.29, 1.82) is 0 Å². The summed E-state index contributed by atoms with van der Waals surface area (Å²) in [5, 5.41) is 13.0. The Bertz CT molecular complexity index is 140. The highest BCUT2D eigenvalue weighted by Gasteiger charge is 2.39. The highest BCUT2D eigenvalue weighted by atomic mass is 16.3. The van der Waals surface area contributed by atoms with E-state index in [1.807, 2.05) is 0 Å². The Balaban J connectivity index is 2.10. The molecule has 0 radical (unpaired) electrons. The lowest BCUT2D eigenvalue weighted by atomic mass is 10.2. The van der Waals surface area contributed by atoms with E-state index in [2.05, 4.69) is 10.2 Å². The van der Waals surface area contributed by atoms with Crippen LogP contribution in [0.1, 0.15) is 19.3 Å². The van der Waals surface area contributed by atoms with Crippen LogP contribution in [-0.2, 0) is 0 Å². The average Bonchev–Trinajstić information content (AvgIpc) is 2.29. The maximum atomic E-state index is 9.83. The quantitative estimate of drug-likeness (QED) is 0.488. The second-order valence-electron chi connectivity index (χ2n) is 3.19. The molecule has 58 valence electrons. The average molecular weight is 142 g/mol. The van der Waals surface area contributed by atoms with Crippen LogP contribution in [0.3, 0.4) is 0 Å². The van der Waals surface area contributed by atoms with Crippen LogP contribution in [-0.4, -0.2) is 35.5 Å². The molecule has 1 unspecified atom stereocenters. The molecule has 10 heavy (non-hydrogen) atoms. The first kappa shape index (κ1) is 6.58. The fraction of sp³-hybridized carbons (Fsp3) is 1.00.